The topological polar surface area (TPSA) is 98.3 Å². The van der Waals surface area contributed by atoms with E-state index in [1.807, 2.05) is 0 Å². The molecular formula is C16H16N4O3. The molecule has 2 amide bonds. The molecule has 0 fully saturated rings. The largest absolute Gasteiger partial charge is 0.507 e. The van der Waals surface area contributed by atoms with Crippen molar-refractivity contribution < 1.29 is 14.7 Å². The van der Waals surface area contributed by atoms with Crippen LogP contribution in [0, 0.1) is 0 Å². The molecule has 7 heteroatoms. The molecule has 7 nitrogen and oxygen atoms in total. The maximum atomic E-state index is 12.7. The van der Waals surface area contributed by atoms with E-state index in [0.29, 0.717) is 25.2 Å². The number of phenolic OH excluding ortho intramolecular Hbond substituents is 1. The molecule has 0 spiro atoms. The number of amides is 2. The number of rotatable bonds is 3. The number of hydrogen-bond acceptors (Lipinski definition) is 4. The molecule has 0 saturated heterocycles. The summed E-state index contributed by atoms with van der Waals surface area (Å²) in [6.07, 6.45) is 3.53. The van der Waals surface area contributed by atoms with Gasteiger partial charge in [-0.05, 0) is 24.3 Å². The molecular weight excluding hydrogens is 296 g/mol. The van der Waals surface area contributed by atoms with E-state index in [1.165, 1.54) is 18.2 Å². The van der Waals surface area contributed by atoms with E-state index in [9.17, 15) is 14.7 Å². The van der Waals surface area contributed by atoms with Crippen LogP contribution in [-0.4, -0.2) is 38.6 Å². The normalized spacial score (nSPS) is 13.3. The molecule has 2 heterocycles. The standard InChI is InChI=1S/C16H16N4O3/c1-2-15(22)18-11-3-4-14(21)12(7-11)16(23)20-6-5-13-10(9-20)8-17-19-13/h2-4,7-8,21H,1,5-6,9H2,(H,17,19)(H,18,22). The Morgan fingerprint density at radius 2 is 2.26 bits per heavy atom. The Hall–Kier alpha value is -3.09. The number of aromatic nitrogens is 2. The van der Waals surface area contributed by atoms with Crippen LogP contribution in [0.25, 0.3) is 0 Å². The minimum Gasteiger partial charge on any atom is -0.507 e. The number of H-pyrrole nitrogens is 1. The molecule has 3 N–H and O–H groups in total. The highest BCUT2D eigenvalue weighted by atomic mass is 16.3. The quantitative estimate of drug-likeness (QED) is 0.590. The van der Waals surface area contributed by atoms with Crippen molar-refractivity contribution in [2.75, 3.05) is 11.9 Å². The van der Waals surface area contributed by atoms with Crippen molar-refractivity contribution in [1.29, 1.82) is 0 Å². The van der Waals surface area contributed by atoms with Crippen LogP contribution in [0.3, 0.4) is 0 Å². The number of nitrogens with one attached hydrogen (secondary N) is 2. The number of carbonyl (C=O) groups excluding carboxylic acids is 2. The Balaban J connectivity index is 1.83. The fourth-order valence-electron chi connectivity index (χ4n) is 2.54. The summed E-state index contributed by atoms with van der Waals surface area (Å²) in [6, 6.07) is 4.38. The van der Waals surface area contributed by atoms with Crippen molar-refractivity contribution in [2.24, 2.45) is 0 Å². The maximum Gasteiger partial charge on any atom is 0.258 e. The lowest BCUT2D eigenvalue weighted by atomic mass is 10.1. The average molecular weight is 312 g/mol. The second kappa shape index (κ2) is 5.96. The van der Waals surface area contributed by atoms with Crippen LogP contribution in [0.5, 0.6) is 5.75 Å². The van der Waals surface area contributed by atoms with Gasteiger partial charge in [0.2, 0.25) is 5.91 Å². The number of phenols is 1. The summed E-state index contributed by atoms with van der Waals surface area (Å²) in [7, 11) is 0. The number of carbonyl (C=O) groups is 2. The van der Waals surface area contributed by atoms with Crippen LogP contribution in [0.4, 0.5) is 5.69 Å². The van der Waals surface area contributed by atoms with E-state index in [-0.39, 0.29) is 23.1 Å². The van der Waals surface area contributed by atoms with Crippen LogP contribution >= 0.6 is 0 Å². The molecule has 1 aromatic heterocycles. The van der Waals surface area contributed by atoms with Gasteiger partial charge in [0, 0.05) is 36.5 Å². The zero-order chi connectivity index (χ0) is 16.4. The van der Waals surface area contributed by atoms with Crippen LogP contribution in [0.2, 0.25) is 0 Å². The zero-order valence-corrected chi connectivity index (χ0v) is 12.4. The number of nitrogens with zero attached hydrogens (tertiary/aromatic N) is 2. The monoisotopic (exact) mass is 312 g/mol. The Morgan fingerprint density at radius 1 is 1.43 bits per heavy atom. The van der Waals surface area contributed by atoms with Gasteiger partial charge in [-0.15, -0.1) is 0 Å². The van der Waals surface area contributed by atoms with Gasteiger partial charge in [-0.25, -0.2) is 0 Å². The first-order valence-corrected chi connectivity index (χ1v) is 7.15. The molecule has 0 bridgehead atoms. The summed E-state index contributed by atoms with van der Waals surface area (Å²) >= 11 is 0. The van der Waals surface area contributed by atoms with Crippen molar-refractivity contribution in [1.82, 2.24) is 15.1 Å². The molecule has 0 atom stereocenters. The van der Waals surface area contributed by atoms with E-state index in [0.717, 1.165) is 17.3 Å². The Morgan fingerprint density at radius 3 is 3.04 bits per heavy atom. The Kier molecular flexibility index (Phi) is 3.84. The van der Waals surface area contributed by atoms with Gasteiger partial charge >= 0.3 is 0 Å². The van der Waals surface area contributed by atoms with Crippen molar-refractivity contribution >= 4 is 17.5 Å². The first kappa shape index (κ1) is 14.8. The first-order valence-electron chi connectivity index (χ1n) is 7.15. The molecule has 23 heavy (non-hydrogen) atoms. The second-order valence-corrected chi connectivity index (χ2v) is 5.28. The van der Waals surface area contributed by atoms with Crippen LogP contribution in [0.15, 0.2) is 37.1 Å². The minimum absolute atomic E-state index is 0.121. The van der Waals surface area contributed by atoms with Crippen molar-refractivity contribution in [3.63, 3.8) is 0 Å². The lowest BCUT2D eigenvalue weighted by molar-refractivity contribution is -0.111. The summed E-state index contributed by atoms with van der Waals surface area (Å²) in [5.41, 5.74) is 2.58. The molecule has 1 aliphatic rings. The highest BCUT2D eigenvalue weighted by Crippen LogP contribution is 2.25. The predicted octanol–water partition coefficient (Wildman–Crippen LogP) is 1.44. The smallest absolute Gasteiger partial charge is 0.258 e. The van der Waals surface area contributed by atoms with Crippen LogP contribution < -0.4 is 5.32 Å². The van der Waals surface area contributed by atoms with Gasteiger partial charge in [0.1, 0.15) is 5.75 Å². The molecule has 1 aromatic carbocycles. The Labute approximate surface area is 132 Å². The number of fused-ring (bicyclic) bond motifs is 1. The van der Waals surface area contributed by atoms with E-state index in [1.54, 1.807) is 11.1 Å². The summed E-state index contributed by atoms with van der Waals surface area (Å²) in [5, 5.41) is 19.4. The zero-order valence-electron chi connectivity index (χ0n) is 12.4. The molecule has 0 saturated carbocycles. The van der Waals surface area contributed by atoms with Crippen molar-refractivity contribution in [3.05, 3.63) is 53.9 Å². The third kappa shape index (κ3) is 2.94. The van der Waals surface area contributed by atoms with Gasteiger partial charge < -0.3 is 15.3 Å². The van der Waals surface area contributed by atoms with Gasteiger partial charge in [-0.3, -0.25) is 14.7 Å². The van der Waals surface area contributed by atoms with Crippen LogP contribution in [0.1, 0.15) is 21.6 Å². The highest BCUT2D eigenvalue weighted by molar-refractivity contribution is 6.02. The summed E-state index contributed by atoms with van der Waals surface area (Å²) in [5.74, 6) is -0.788. The van der Waals surface area contributed by atoms with E-state index < -0.39 is 0 Å². The molecule has 0 radical (unpaired) electrons. The van der Waals surface area contributed by atoms with Crippen molar-refractivity contribution in [2.45, 2.75) is 13.0 Å². The summed E-state index contributed by atoms with van der Waals surface area (Å²) in [6.45, 7) is 4.35. The Bertz CT molecular complexity index is 781. The van der Waals surface area contributed by atoms with Crippen LogP contribution in [-0.2, 0) is 17.8 Å². The maximum absolute atomic E-state index is 12.7. The lowest BCUT2D eigenvalue weighted by Crippen LogP contribution is -2.35. The molecule has 0 unspecified atom stereocenters. The lowest BCUT2D eigenvalue weighted by Gasteiger charge is -2.27. The molecule has 118 valence electrons. The average Bonchev–Trinajstić information content (AvgIpc) is 3.03. The van der Waals surface area contributed by atoms with Gasteiger partial charge in [0.25, 0.3) is 5.91 Å². The molecule has 3 rings (SSSR count). The van der Waals surface area contributed by atoms with Gasteiger partial charge in [-0.1, -0.05) is 6.58 Å². The second-order valence-electron chi connectivity index (χ2n) is 5.28. The van der Waals surface area contributed by atoms with Gasteiger partial charge in [0.15, 0.2) is 0 Å². The van der Waals surface area contributed by atoms with Crippen molar-refractivity contribution in [3.8, 4) is 5.75 Å². The molecule has 0 aliphatic carbocycles. The highest BCUT2D eigenvalue weighted by Gasteiger charge is 2.25. The summed E-state index contributed by atoms with van der Waals surface area (Å²) < 4.78 is 0. The SMILES string of the molecule is C=CC(=O)Nc1ccc(O)c(C(=O)N2CCc3[nH]ncc3C2)c1. The number of hydrogen-bond donors (Lipinski definition) is 3. The number of anilines is 1. The van der Waals surface area contributed by atoms with Gasteiger partial charge in [-0.2, -0.15) is 5.10 Å². The molecule has 1 aliphatic heterocycles. The van der Waals surface area contributed by atoms with E-state index >= 15 is 0 Å². The number of benzene rings is 1. The summed E-state index contributed by atoms with van der Waals surface area (Å²) in [4.78, 5) is 25.7. The minimum atomic E-state index is -0.380. The van der Waals surface area contributed by atoms with Gasteiger partial charge in [0.05, 0.1) is 11.8 Å². The third-order valence-corrected chi connectivity index (χ3v) is 3.77. The van der Waals surface area contributed by atoms with E-state index in [2.05, 4.69) is 22.1 Å². The number of aromatic amines is 1. The number of aromatic hydroxyl groups is 1. The third-order valence-electron chi connectivity index (χ3n) is 3.77. The molecule has 2 aromatic rings. The fraction of sp³-hybridized carbons (Fsp3) is 0.188. The van der Waals surface area contributed by atoms with E-state index in [4.69, 9.17) is 0 Å². The first-order chi connectivity index (χ1) is 11.1. The fourth-order valence-corrected chi connectivity index (χ4v) is 2.54. The predicted molar refractivity (Wildman–Crippen MR) is 84.0 cm³/mol.